The molecule has 0 atom stereocenters. The predicted molar refractivity (Wildman–Crippen MR) is 65.8 cm³/mol. The number of benzene rings is 1. The Labute approximate surface area is 105 Å². The molecule has 0 aliphatic heterocycles. The summed E-state index contributed by atoms with van der Waals surface area (Å²) in [7, 11) is 2.01. The first kappa shape index (κ1) is 12.6. The highest BCUT2D eigenvalue weighted by Crippen LogP contribution is 2.16. The number of hydrogen-bond donors (Lipinski definition) is 1. The first-order valence-electron chi connectivity index (χ1n) is 6.14. The molecular weight excluding hydrogens is 230 g/mol. The smallest absolute Gasteiger partial charge is 0.115 e. The van der Waals surface area contributed by atoms with Crippen molar-refractivity contribution in [2.75, 3.05) is 13.6 Å². The van der Waals surface area contributed by atoms with Gasteiger partial charge < -0.3 is 19.8 Å². The number of aliphatic carboxylic acids is 1. The third-order valence-electron chi connectivity index (χ3n) is 2.93. The minimum atomic E-state index is -1.03. The van der Waals surface area contributed by atoms with Crippen molar-refractivity contribution in [1.82, 2.24) is 9.55 Å². The molecule has 0 unspecified atom stereocenters. The van der Waals surface area contributed by atoms with Crippen molar-refractivity contribution in [3.8, 4) is 0 Å². The first-order chi connectivity index (χ1) is 8.72. The monoisotopic (exact) mass is 247 g/mol. The van der Waals surface area contributed by atoms with Crippen LogP contribution >= 0.6 is 0 Å². The molecule has 5 nitrogen and oxygen atoms in total. The van der Waals surface area contributed by atoms with E-state index in [2.05, 4.69) is 10.3 Å². The number of hydrogen-bond acceptors (Lipinski definition) is 3. The number of fused-ring (bicyclic) bond motifs is 1. The van der Waals surface area contributed by atoms with E-state index in [0.29, 0.717) is 6.54 Å². The maximum absolute atomic E-state index is 10.6. The second kappa shape index (κ2) is 5.64. The van der Waals surface area contributed by atoms with Crippen LogP contribution in [0.3, 0.4) is 0 Å². The fourth-order valence-electron chi connectivity index (χ4n) is 2.04. The van der Waals surface area contributed by atoms with E-state index in [0.717, 1.165) is 29.8 Å². The fourth-order valence-corrected chi connectivity index (χ4v) is 2.04. The molecular formula is C13H17N3O2. The molecule has 0 fully saturated rings. The molecule has 5 heteroatoms. The van der Waals surface area contributed by atoms with E-state index in [9.17, 15) is 9.90 Å². The predicted octanol–water partition coefficient (Wildman–Crippen LogP) is -1.09. The van der Waals surface area contributed by atoms with Gasteiger partial charge in [-0.15, -0.1) is 0 Å². The van der Waals surface area contributed by atoms with Crippen LogP contribution in [0.1, 0.15) is 12.2 Å². The number of carboxylic acid groups (broad SMARTS) is 1. The number of quaternary nitrogens is 1. The highest BCUT2D eigenvalue weighted by Gasteiger charge is 2.10. The van der Waals surface area contributed by atoms with Gasteiger partial charge in [0.25, 0.3) is 0 Å². The lowest BCUT2D eigenvalue weighted by Gasteiger charge is -2.09. The Kier molecular flexibility index (Phi) is 3.94. The van der Waals surface area contributed by atoms with Crippen molar-refractivity contribution in [1.29, 1.82) is 0 Å². The number of carboxylic acids is 1. The summed E-state index contributed by atoms with van der Waals surface area (Å²) >= 11 is 0. The molecule has 0 radical (unpaired) electrons. The number of carbonyl (C=O) groups is 1. The summed E-state index contributed by atoms with van der Waals surface area (Å²) in [5.74, 6) is -0.0867. The summed E-state index contributed by atoms with van der Waals surface area (Å²) in [6.07, 6.45) is 0.849. The van der Waals surface area contributed by atoms with Crippen LogP contribution in [0.4, 0.5) is 0 Å². The zero-order chi connectivity index (χ0) is 13.0. The molecule has 1 aromatic heterocycles. The van der Waals surface area contributed by atoms with Crippen molar-refractivity contribution in [3.05, 3.63) is 30.1 Å². The average Bonchev–Trinajstić information content (AvgIpc) is 2.71. The van der Waals surface area contributed by atoms with Crippen molar-refractivity contribution in [2.45, 2.75) is 19.4 Å². The van der Waals surface area contributed by atoms with Gasteiger partial charge in [0.2, 0.25) is 0 Å². The van der Waals surface area contributed by atoms with Gasteiger partial charge in [-0.05, 0) is 12.1 Å². The summed E-state index contributed by atoms with van der Waals surface area (Å²) in [4.78, 5) is 15.2. The fraction of sp³-hybridized carbons (Fsp3) is 0.385. The largest absolute Gasteiger partial charge is 0.550 e. The Morgan fingerprint density at radius 1 is 1.44 bits per heavy atom. The first-order valence-corrected chi connectivity index (χ1v) is 6.14. The van der Waals surface area contributed by atoms with Crippen LogP contribution in [-0.2, 0) is 17.8 Å². The molecule has 0 saturated carbocycles. The van der Waals surface area contributed by atoms with Crippen molar-refractivity contribution in [2.24, 2.45) is 0 Å². The van der Waals surface area contributed by atoms with Crippen molar-refractivity contribution in [3.63, 3.8) is 0 Å². The lowest BCUT2D eigenvalue weighted by Crippen LogP contribution is -2.80. The molecule has 1 heterocycles. The number of aryl methyl sites for hydroxylation is 1. The van der Waals surface area contributed by atoms with E-state index in [4.69, 9.17) is 0 Å². The summed E-state index contributed by atoms with van der Waals surface area (Å²) < 4.78 is 1.98. The molecule has 18 heavy (non-hydrogen) atoms. The number of rotatable bonds is 6. The third kappa shape index (κ3) is 2.68. The van der Waals surface area contributed by atoms with Gasteiger partial charge in [0.05, 0.1) is 31.0 Å². The molecule has 1 aromatic carbocycles. The summed E-state index contributed by atoms with van der Waals surface area (Å²) in [5.41, 5.74) is 1.91. The van der Waals surface area contributed by atoms with Gasteiger partial charge >= 0.3 is 0 Å². The Balaban J connectivity index is 2.34. The Bertz CT molecular complexity index is 548. The van der Waals surface area contributed by atoms with Crippen LogP contribution in [0.15, 0.2) is 24.3 Å². The van der Waals surface area contributed by atoms with Gasteiger partial charge in [0.15, 0.2) is 0 Å². The van der Waals surface area contributed by atoms with Crippen LogP contribution < -0.4 is 10.4 Å². The molecule has 0 saturated heterocycles. The van der Waals surface area contributed by atoms with Crippen LogP contribution in [0.2, 0.25) is 0 Å². The standard InChI is InChI=1S/C13H17N3O2/c1-14-8-6-12-15-10-4-2-3-5-11(10)16(12)9-7-13(17)18/h2-5,14H,6-9H2,1H3,(H,17,18). The SMILES string of the molecule is C[NH2+]CCc1nc2ccccc2n1CCC(=O)[O-]. The third-order valence-corrected chi connectivity index (χ3v) is 2.93. The van der Waals surface area contributed by atoms with Gasteiger partial charge in [-0.2, -0.15) is 0 Å². The topological polar surface area (TPSA) is 74.6 Å². The van der Waals surface area contributed by atoms with Gasteiger partial charge in [0.1, 0.15) is 5.82 Å². The van der Waals surface area contributed by atoms with Gasteiger partial charge in [-0.3, -0.25) is 0 Å². The summed E-state index contributed by atoms with van der Waals surface area (Å²) in [6.45, 7) is 1.36. The van der Waals surface area contributed by atoms with Crippen LogP contribution in [-0.4, -0.2) is 29.1 Å². The molecule has 0 aliphatic rings. The molecule has 2 N–H and O–H groups in total. The Hall–Kier alpha value is -1.88. The lowest BCUT2D eigenvalue weighted by atomic mass is 10.3. The molecule has 96 valence electrons. The van der Waals surface area contributed by atoms with E-state index < -0.39 is 5.97 Å². The molecule has 0 spiro atoms. The second-order valence-electron chi connectivity index (χ2n) is 4.24. The molecule has 2 aromatic rings. The van der Waals surface area contributed by atoms with E-state index in [1.165, 1.54) is 0 Å². The number of carbonyl (C=O) groups excluding carboxylic acids is 1. The highest BCUT2D eigenvalue weighted by atomic mass is 16.4. The number of imidazole rings is 1. The minimum absolute atomic E-state index is 0.0171. The van der Waals surface area contributed by atoms with Crippen molar-refractivity contribution < 1.29 is 15.2 Å². The zero-order valence-electron chi connectivity index (χ0n) is 10.4. The lowest BCUT2D eigenvalue weighted by molar-refractivity contribution is -0.626. The number of para-hydroxylation sites is 2. The van der Waals surface area contributed by atoms with Crippen molar-refractivity contribution >= 4 is 17.0 Å². The van der Waals surface area contributed by atoms with E-state index >= 15 is 0 Å². The van der Waals surface area contributed by atoms with E-state index in [1.54, 1.807) is 0 Å². The summed E-state index contributed by atoms with van der Waals surface area (Å²) in [6, 6.07) is 7.80. The number of likely N-dealkylation sites (N-methyl/N-ethyl adjacent to an activating group) is 1. The Morgan fingerprint density at radius 2 is 2.22 bits per heavy atom. The molecule has 0 amide bonds. The maximum atomic E-state index is 10.6. The quantitative estimate of drug-likeness (QED) is 0.705. The Morgan fingerprint density at radius 3 is 2.94 bits per heavy atom. The normalized spacial score (nSPS) is 10.9. The number of aromatic nitrogens is 2. The number of nitrogens with zero attached hydrogens (tertiary/aromatic N) is 2. The molecule has 0 aliphatic carbocycles. The minimum Gasteiger partial charge on any atom is -0.550 e. The van der Waals surface area contributed by atoms with Gasteiger partial charge in [0, 0.05) is 18.9 Å². The zero-order valence-corrected chi connectivity index (χ0v) is 10.4. The van der Waals surface area contributed by atoms with Crippen LogP contribution in [0.25, 0.3) is 11.0 Å². The average molecular weight is 247 g/mol. The summed E-state index contributed by atoms with van der Waals surface area (Å²) in [5, 5.41) is 12.7. The van der Waals surface area contributed by atoms with Gasteiger partial charge in [-0.25, -0.2) is 4.98 Å². The van der Waals surface area contributed by atoms with E-state index in [-0.39, 0.29) is 6.42 Å². The molecule has 0 bridgehead atoms. The highest BCUT2D eigenvalue weighted by molar-refractivity contribution is 5.76. The van der Waals surface area contributed by atoms with E-state index in [1.807, 2.05) is 35.9 Å². The second-order valence-corrected chi connectivity index (χ2v) is 4.24. The molecule has 2 rings (SSSR count). The maximum Gasteiger partial charge on any atom is 0.115 e. The number of nitrogens with two attached hydrogens (primary N) is 1. The van der Waals surface area contributed by atoms with Crippen LogP contribution in [0.5, 0.6) is 0 Å². The van der Waals surface area contributed by atoms with Crippen LogP contribution in [0, 0.1) is 0 Å². The van der Waals surface area contributed by atoms with Gasteiger partial charge in [-0.1, -0.05) is 12.1 Å².